The number of ether oxygens (including phenoxy) is 1. The summed E-state index contributed by atoms with van der Waals surface area (Å²) < 4.78 is 13.2. The molecular formula is C22H18Cl2N4O3S. The van der Waals surface area contributed by atoms with Crippen LogP contribution in [0, 0.1) is 0 Å². The lowest BCUT2D eigenvalue weighted by Gasteiger charge is -2.09. The molecule has 0 atom stereocenters. The molecule has 2 heterocycles. The van der Waals surface area contributed by atoms with Crippen LogP contribution < -0.4 is 10.1 Å². The first kappa shape index (κ1) is 22.3. The minimum absolute atomic E-state index is 0.103. The first-order valence-corrected chi connectivity index (χ1v) is 11.2. The highest BCUT2D eigenvalue weighted by molar-refractivity contribution is 7.99. The molecule has 1 amide bonds. The molecule has 0 saturated carbocycles. The van der Waals surface area contributed by atoms with E-state index in [1.165, 1.54) is 11.8 Å². The maximum atomic E-state index is 12.4. The Kier molecular flexibility index (Phi) is 6.74. The summed E-state index contributed by atoms with van der Waals surface area (Å²) in [7, 11) is 1.59. The second kappa shape index (κ2) is 9.68. The molecular weight excluding hydrogens is 471 g/mol. The van der Waals surface area contributed by atoms with Gasteiger partial charge in [0.2, 0.25) is 11.7 Å². The number of fused-ring (bicyclic) bond motifs is 1. The number of furan rings is 1. The van der Waals surface area contributed by atoms with E-state index < -0.39 is 0 Å². The van der Waals surface area contributed by atoms with E-state index in [0.717, 1.165) is 5.39 Å². The number of thioether (sulfide) groups is 1. The summed E-state index contributed by atoms with van der Waals surface area (Å²) in [5, 5.41) is 13.4. The predicted octanol–water partition coefficient (Wildman–Crippen LogP) is 5.92. The van der Waals surface area contributed by atoms with E-state index in [4.69, 9.17) is 32.4 Å². The maximum absolute atomic E-state index is 12.4. The summed E-state index contributed by atoms with van der Waals surface area (Å²) in [5.41, 5.74) is 1.08. The number of carbonyl (C=O) groups is 1. The van der Waals surface area contributed by atoms with E-state index in [1.54, 1.807) is 31.4 Å². The fourth-order valence-corrected chi connectivity index (χ4v) is 4.19. The molecule has 4 rings (SSSR count). The van der Waals surface area contributed by atoms with Gasteiger partial charge in [-0.15, -0.1) is 16.8 Å². The molecule has 2 aromatic carbocycles. The first-order chi connectivity index (χ1) is 15.5. The number of anilines is 1. The lowest BCUT2D eigenvalue weighted by atomic mass is 10.2. The molecule has 0 aliphatic heterocycles. The SMILES string of the molecule is C=CCn1c(SCC(=O)Nc2cccc(Cl)c2Cl)nnc1-c1cc2cccc(OC)c2o1. The molecule has 0 bridgehead atoms. The van der Waals surface area contributed by atoms with Crippen LogP contribution in [0.25, 0.3) is 22.6 Å². The molecule has 0 spiro atoms. The zero-order valence-electron chi connectivity index (χ0n) is 17.0. The highest BCUT2D eigenvalue weighted by atomic mass is 35.5. The summed E-state index contributed by atoms with van der Waals surface area (Å²) in [5.74, 6) is 1.56. The van der Waals surface area contributed by atoms with Gasteiger partial charge in [0.05, 0.1) is 28.6 Å². The molecule has 2 aromatic heterocycles. The van der Waals surface area contributed by atoms with Crippen molar-refractivity contribution >= 4 is 57.5 Å². The average molecular weight is 489 g/mol. The standard InChI is InChI=1S/C22H18Cl2N4O3S/c1-3-10-28-21(17-11-13-6-4-9-16(30-2)20(13)31-17)26-27-22(28)32-12-18(29)25-15-8-5-7-14(23)19(15)24/h3-9,11H,1,10,12H2,2H3,(H,25,29). The topological polar surface area (TPSA) is 82.2 Å². The van der Waals surface area contributed by atoms with Crippen LogP contribution in [0.5, 0.6) is 5.75 Å². The van der Waals surface area contributed by atoms with E-state index in [-0.39, 0.29) is 11.7 Å². The van der Waals surface area contributed by atoms with Crippen LogP contribution in [0.2, 0.25) is 10.0 Å². The van der Waals surface area contributed by atoms with E-state index in [1.807, 2.05) is 28.8 Å². The molecule has 32 heavy (non-hydrogen) atoms. The van der Waals surface area contributed by atoms with Crippen molar-refractivity contribution in [2.45, 2.75) is 11.7 Å². The van der Waals surface area contributed by atoms with Crippen molar-refractivity contribution < 1.29 is 13.9 Å². The molecule has 164 valence electrons. The number of para-hydroxylation sites is 1. The number of hydrogen-bond acceptors (Lipinski definition) is 6. The van der Waals surface area contributed by atoms with Gasteiger partial charge in [-0.2, -0.15) is 0 Å². The van der Waals surface area contributed by atoms with Gasteiger partial charge in [0.15, 0.2) is 22.2 Å². The van der Waals surface area contributed by atoms with Crippen LogP contribution in [-0.4, -0.2) is 33.5 Å². The normalized spacial score (nSPS) is 11.0. The fraction of sp³-hybridized carbons (Fsp3) is 0.136. The highest BCUT2D eigenvalue weighted by Gasteiger charge is 2.19. The Balaban J connectivity index is 1.55. The van der Waals surface area contributed by atoms with Gasteiger partial charge in [0.1, 0.15) is 0 Å². The first-order valence-electron chi connectivity index (χ1n) is 9.49. The molecule has 0 radical (unpaired) electrons. The van der Waals surface area contributed by atoms with Crippen LogP contribution >= 0.6 is 35.0 Å². The Hall–Kier alpha value is -2.94. The molecule has 7 nitrogen and oxygen atoms in total. The van der Waals surface area contributed by atoms with Crippen LogP contribution in [-0.2, 0) is 11.3 Å². The van der Waals surface area contributed by atoms with Gasteiger partial charge in [-0.3, -0.25) is 9.36 Å². The molecule has 0 unspecified atom stereocenters. The number of nitrogens with zero attached hydrogens (tertiary/aromatic N) is 3. The quantitative estimate of drug-likeness (QED) is 0.244. The number of amides is 1. The summed E-state index contributed by atoms with van der Waals surface area (Å²) in [6, 6.07) is 12.6. The van der Waals surface area contributed by atoms with Crippen LogP contribution in [0.15, 0.2) is 64.7 Å². The fourth-order valence-electron chi connectivity index (χ4n) is 3.10. The Morgan fingerprint density at radius 1 is 1.28 bits per heavy atom. The molecule has 1 N–H and O–H groups in total. The second-order valence-corrected chi connectivity index (χ2v) is 8.36. The average Bonchev–Trinajstić information content (AvgIpc) is 3.39. The van der Waals surface area contributed by atoms with Gasteiger partial charge in [-0.05, 0) is 24.3 Å². The third kappa shape index (κ3) is 4.48. The Bertz CT molecular complexity index is 1300. The highest BCUT2D eigenvalue weighted by Crippen LogP contribution is 2.34. The van der Waals surface area contributed by atoms with E-state index in [2.05, 4.69) is 22.1 Å². The largest absolute Gasteiger partial charge is 0.493 e. The predicted molar refractivity (Wildman–Crippen MR) is 128 cm³/mol. The number of rotatable bonds is 8. The van der Waals surface area contributed by atoms with Crippen LogP contribution in [0.4, 0.5) is 5.69 Å². The number of carbonyl (C=O) groups excluding carboxylic acids is 1. The third-order valence-corrected chi connectivity index (χ3v) is 6.32. The Labute approximate surface area is 198 Å². The number of benzene rings is 2. The third-order valence-electron chi connectivity index (χ3n) is 4.53. The molecule has 0 saturated heterocycles. The second-order valence-electron chi connectivity index (χ2n) is 6.63. The van der Waals surface area contributed by atoms with Crippen molar-refractivity contribution in [3.63, 3.8) is 0 Å². The van der Waals surface area contributed by atoms with Gasteiger partial charge in [0, 0.05) is 11.9 Å². The van der Waals surface area contributed by atoms with Crippen molar-refractivity contribution in [2.24, 2.45) is 0 Å². The van der Waals surface area contributed by atoms with Crippen LogP contribution in [0.1, 0.15) is 0 Å². The lowest BCUT2D eigenvalue weighted by Crippen LogP contribution is -2.15. The van der Waals surface area contributed by atoms with Gasteiger partial charge in [-0.25, -0.2) is 0 Å². The summed E-state index contributed by atoms with van der Waals surface area (Å²) in [6.07, 6.45) is 1.73. The van der Waals surface area contributed by atoms with Gasteiger partial charge in [0.25, 0.3) is 0 Å². The smallest absolute Gasteiger partial charge is 0.234 e. The molecule has 0 aliphatic rings. The summed E-state index contributed by atoms with van der Waals surface area (Å²) in [6.45, 7) is 4.25. The van der Waals surface area contributed by atoms with E-state index in [0.29, 0.717) is 50.4 Å². The molecule has 4 aromatic rings. The van der Waals surface area contributed by atoms with Crippen molar-refractivity contribution in [2.75, 3.05) is 18.2 Å². The van der Waals surface area contributed by atoms with E-state index >= 15 is 0 Å². The minimum atomic E-state index is -0.248. The summed E-state index contributed by atoms with van der Waals surface area (Å²) in [4.78, 5) is 12.4. The number of hydrogen-bond donors (Lipinski definition) is 1. The monoisotopic (exact) mass is 488 g/mol. The molecule has 10 heteroatoms. The van der Waals surface area contributed by atoms with Crippen LogP contribution in [0.3, 0.4) is 0 Å². The van der Waals surface area contributed by atoms with Crippen molar-refractivity contribution in [3.05, 3.63) is 65.2 Å². The number of aromatic nitrogens is 3. The lowest BCUT2D eigenvalue weighted by molar-refractivity contribution is -0.113. The minimum Gasteiger partial charge on any atom is -0.493 e. The van der Waals surface area contributed by atoms with Gasteiger partial charge in [-0.1, -0.05) is 59.2 Å². The van der Waals surface area contributed by atoms with Crippen molar-refractivity contribution in [1.29, 1.82) is 0 Å². The number of nitrogens with one attached hydrogen (secondary N) is 1. The van der Waals surface area contributed by atoms with Gasteiger partial charge < -0.3 is 14.5 Å². The van der Waals surface area contributed by atoms with Crippen molar-refractivity contribution in [1.82, 2.24) is 14.8 Å². The number of allylic oxidation sites excluding steroid dienone is 1. The summed E-state index contributed by atoms with van der Waals surface area (Å²) >= 11 is 13.4. The Morgan fingerprint density at radius 2 is 2.09 bits per heavy atom. The zero-order chi connectivity index (χ0) is 22.7. The number of halogens is 2. The Morgan fingerprint density at radius 3 is 2.88 bits per heavy atom. The number of methoxy groups -OCH3 is 1. The van der Waals surface area contributed by atoms with E-state index in [9.17, 15) is 4.79 Å². The van der Waals surface area contributed by atoms with Crippen molar-refractivity contribution in [3.8, 4) is 17.3 Å². The van der Waals surface area contributed by atoms with Gasteiger partial charge >= 0.3 is 0 Å². The molecule has 0 aliphatic carbocycles. The maximum Gasteiger partial charge on any atom is 0.234 e. The zero-order valence-corrected chi connectivity index (χ0v) is 19.3. The molecule has 0 fully saturated rings.